The molecule has 0 saturated carbocycles. The van der Waals surface area contributed by atoms with E-state index in [1.807, 2.05) is 6.07 Å². The Kier molecular flexibility index (Phi) is 8.83. The largest absolute Gasteiger partial charge is 0.508 e. The number of aliphatic hydroxyl groups excluding tert-OH is 1. The third-order valence-corrected chi connectivity index (χ3v) is 9.51. The van der Waals surface area contributed by atoms with E-state index in [2.05, 4.69) is 51.7 Å². The Morgan fingerprint density at radius 3 is 2.71 bits per heavy atom. The highest BCUT2D eigenvalue weighted by atomic mass is 16.5. The fraction of sp³-hybridized carbons (Fsp3) is 0.719. The third-order valence-electron chi connectivity index (χ3n) is 9.51. The molecule has 1 saturated heterocycles. The van der Waals surface area contributed by atoms with Crippen LogP contribution in [0.15, 0.2) is 23.8 Å². The van der Waals surface area contributed by atoms with Gasteiger partial charge in [0.15, 0.2) is 0 Å². The lowest BCUT2D eigenvalue weighted by Gasteiger charge is -2.48. The van der Waals surface area contributed by atoms with E-state index < -0.39 is 12.1 Å². The number of allylic oxidation sites excluding steroid dienone is 1. The van der Waals surface area contributed by atoms with Crippen LogP contribution in [-0.4, -0.2) is 57.0 Å². The number of nitrogens with zero attached hydrogens (tertiary/aromatic N) is 1. The Hall–Kier alpha value is -2.05. The maximum Gasteiger partial charge on any atom is 0.304 e. The number of phenolic OH excluding ortho intramolecular Hbond substituents is 1. The number of β-amino-alcohol motifs (C(OH)–C–C–N with tert-alkyl or cyclic N) is 1. The van der Waals surface area contributed by atoms with Gasteiger partial charge in [0.2, 0.25) is 0 Å². The van der Waals surface area contributed by atoms with Crippen molar-refractivity contribution < 1.29 is 24.9 Å². The summed E-state index contributed by atoms with van der Waals surface area (Å²) in [6, 6.07) is 4.10. The van der Waals surface area contributed by atoms with Crippen LogP contribution < -0.4 is 4.74 Å². The van der Waals surface area contributed by atoms with Crippen molar-refractivity contribution in [3.05, 3.63) is 34.9 Å². The van der Waals surface area contributed by atoms with Crippen LogP contribution in [-0.2, 0) is 10.2 Å². The smallest absolute Gasteiger partial charge is 0.304 e. The summed E-state index contributed by atoms with van der Waals surface area (Å²) in [7, 11) is 0. The summed E-state index contributed by atoms with van der Waals surface area (Å²) in [6.07, 6.45) is 10.9. The number of aliphatic carboxylic acids is 1. The summed E-state index contributed by atoms with van der Waals surface area (Å²) >= 11 is 0. The van der Waals surface area contributed by atoms with Crippen molar-refractivity contribution in [2.45, 2.75) is 128 Å². The predicted molar refractivity (Wildman–Crippen MR) is 151 cm³/mol. The first kappa shape index (κ1) is 28.9. The number of carboxylic acid groups (broad SMARTS) is 1. The molecule has 2 heterocycles. The fourth-order valence-electron chi connectivity index (χ4n) is 7.13. The molecule has 38 heavy (non-hydrogen) atoms. The maximum absolute atomic E-state index is 11.4. The van der Waals surface area contributed by atoms with Crippen molar-refractivity contribution in [3.8, 4) is 11.5 Å². The number of likely N-dealkylation sites (tertiary alicyclic amines) is 1. The third kappa shape index (κ3) is 6.22. The fourth-order valence-corrected chi connectivity index (χ4v) is 7.13. The lowest BCUT2D eigenvalue weighted by Crippen LogP contribution is -2.46. The van der Waals surface area contributed by atoms with Crippen LogP contribution in [0.3, 0.4) is 0 Å². The SMILES string of the molecule is CCCCCCC(C)(C)c1cc(O)c2c(c1)OC(C)(C)[C@@H]1CC=C(C(O)CN3CCCC3CC(=O)O)C[C@@H]21. The van der Waals surface area contributed by atoms with E-state index in [0.29, 0.717) is 18.7 Å². The quantitative estimate of drug-likeness (QED) is 0.224. The second kappa shape index (κ2) is 11.6. The molecule has 3 N–H and O–H groups in total. The van der Waals surface area contributed by atoms with Gasteiger partial charge in [-0.25, -0.2) is 0 Å². The second-order valence-corrected chi connectivity index (χ2v) is 13.1. The van der Waals surface area contributed by atoms with Crippen molar-refractivity contribution in [2.75, 3.05) is 13.1 Å². The first-order valence-corrected chi connectivity index (χ1v) is 14.8. The van der Waals surface area contributed by atoms with Gasteiger partial charge >= 0.3 is 5.97 Å². The van der Waals surface area contributed by atoms with E-state index in [-0.39, 0.29) is 35.3 Å². The first-order chi connectivity index (χ1) is 17.9. The van der Waals surface area contributed by atoms with Gasteiger partial charge in [-0.15, -0.1) is 0 Å². The maximum atomic E-state index is 11.4. The van der Waals surface area contributed by atoms with Gasteiger partial charge in [-0.05, 0) is 81.2 Å². The highest BCUT2D eigenvalue weighted by Crippen LogP contribution is 2.55. The zero-order valence-corrected chi connectivity index (χ0v) is 24.1. The number of phenols is 1. The highest BCUT2D eigenvalue weighted by molar-refractivity contribution is 5.67. The molecule has 4 rings (SSSR count). The molecule has 1 fully saturated rings. The molecule has 1 aliphatic carbocycles. The standard InChI is InChI=1S/C32H49NO5/c1-6-7-8-9-14-31(2,3)22-17-26(34)30-24-16-21(12-13-25(24)32(4,5)38-28(30)18-22)27(35)20-33-15-10-11-23(33)19-29(36)37/h12,17-18,23-25,27,34-35H,6-11,13-16,19-20H2,1-5H3,(H,36,37)/t23?,24-,25-,27?/m1/s1. The second-order valence-electron chi connectivity index (χ2n) is 13.1. The Balaban J connectivity index is 1.54. The van der Waals surface area contributed by atoms with E-state index in [4.69, 9.17) is 4.74 Å². The zero-order chi connectivity index (χ0) is 27.7. The molecule has 0 radical (unpaired) electrons. The van der Waals surface area contributed by atoms with Crippen LogP contribution in [0.1, 0.15) is 116 Å². The summed E-state index contributed by atoms with van der Waals surface area (Å²) < 4.78 is 6.59. The summed E-state index contributed by atoms with van der Waals surface area (Å²) in [5.74, 6) is 0.581. The Morgan fingerprint density at radius 2 is 2.00 bits per heavy atom. The number of aromatic hydroxyl groups is 1. The minimum atomic E-state index is -0.781. The summed E-state index contributed by atoms with van der Waals surface area (Å²) in [5.41, 5.74) is 2.55. The van der Waals surface area contributed by atoms with Gasteiger partial charge in [0.05, 0.1) is 12.5 Å². The molecule has 3 aliphatic rings. The molecule has 1 aromatic rings. The van der Waals surface area contributed by atoms with Gasteiger partial charge in [0.1, 0.15) is 17.1 Å². The molecule has 6 heteroatoms. The molecule has 2 aliphatic heterocycles. The van der Waals surface area contributed by atoms with Crippen LogP contribution in [0.4, 0.5) is 0 Å². The number of benzene rings is 1. The molecule has 0 spiro atoms. The number of hydrogen-bond donors (Lipinski definition) is 3. The highest BCUT2D eigenvalue weighted by Gasteiger charge is 2.47. The van der Waals surface area contributed by atoms with Crippen molar-refractivity contribution in [1.29, 1.82) is 0 Å². The molecule has 6 nitrogen and oxygen atoms in total. The number of ether oxygens (including phenoxy) is 1. The Bertz CT molecular complexity index is 1030. The van der Waals surface area contributed by atoms with E-state index in [1.54, 1.807) is 0 Å². The molecule has 2 unspecified atom stereocenters. The number of unbranched alkanes of at least 4 members (excludes halogenated alkanes) is 3. The lowest BCUT2D eigenvalue weighted by atomic mass is 9.66. The van der Waals surface area contributed by atoms with E-state index in [9.17, 15) is 20.1 Å². The molecule has 4 atom stereocenters. The molecular weight excluding hydrogens is 478 g/mol. The topological polar surface area (TPSA) is 90.2 Å². The number of carbonyl (C=O) groups is 1. The van der Waals surface area contributed by atoms with Gasteiger partial charge in [0.25, 0.3) is 0 Å². The Labute approximate surface area is 229 Å². The van der Waals surface area contributed by atoms with E-state index >= 15 is 0 Å². The van der Waals surface area contributed by atoms with Crippen molar-refractivity contribution in [3.63, 3.8) is 0 Å². The zero-order valence-electron chi connectivity index (χ0n) is 24.1. The van der Waals surface area contributed by atoms with E-state index in [1.165, 1.54) is 25.7 Å². The van der Waals surface area contributed by atoms with Gasteiger partial charge in [-0.1, -0.05) is 52.5 Å². The van der Waals surface area contributed by atoms with Crippen LogP contribution in [0.2, 0.25) is 0 Å². The number of aliphatic hydroxyl groups is 1. The van der Waals surface area contributed by atoms with Crippen LogP contribution >= 0.6 is 0 Å². The summed E-state index contributed by atoms with van der Waals surface area (Å²) in [4.78, 5) is 13.4. The van der Waals surface area contributed by atoms with Crippen molar-refractivity contribution >= 4 is 5.97 Å². The average molecular weight is 528 g/mol. The average Bonchev–Trinajstić information content (AvgIpc) is 3.26. The number of hydrogen-bond acceptors (Lipinski definition) is 5. The van der Waals surface area contributed by atoms with Crippen LogP contribution in [0, 0.1) is 5.92 Å². The Morgan fingerprint density at radius 1 is 1.24 bits per heavy atom. The molecule has 0 amide bonds. The lowest BCUT2D eigenvalue weighted by molar-refractivity contribution is -0.138. The van der Waals surface area contributed by atoms with Gasteiger partial charge in [-0.3, -0.25) is 9.69 Å². The molecule has 1 aromatic carbocycles. The number of fused-ring (bicyclic) bond motifs is 3. The minimum absolute atomic E-state index is 0.00498. The molecular formula is C32H49NO5. The number of carboxylic acids is 1. The molecule has 0 bridgehead atoms. The first-order valence-electron chi connectivity index (χ1n) is 14.8. The van der Waals surface area contributed by atoms with Gasteiger partial charge in [0, 0.05) is 30.0 Å². The van der Waals surface area contributed by atoms with Crippen LogP contribution in [0.25, 0.3) is 0 Å². The normalized spacial score (nSPS) is 25.7. The molecule has 0 aromatic heterocycles. The van der Waals surface area contributed by atoms with Gasteiger partial charge in [-0.2, -0.15) is 0 Å². The monoisotopic (exact) mass is 527 g/mol. The minimum Gasteiger partial charge on any atom is -0.508 e. The van der Waals surface area contributed by atoms with Crippen molar-refractivity contribution in [2.24, 2.45) is 5.92 Å². The predicted octanol–water partition coefficient (Wildman–Crippen LogP) is 6.53. The van der Waals surface area contributed by atoms with Gasteiger partial charge < -0.3 is 20.1 Å². The summed E-state index contributed by atoms with van der Waals surface area (Å²) in [6.45, 7) is 12.3. The molecule has 212 valence electrons. The van der Waals surface area contributed by atoms with Crippen LogP contribution in [0.5, 0.6) is 11.5 Å². The van der Waals surface area contributed by atoms with E-state index in [0.717, 1.165) is 54.7 Å². The summed E-state index contributed by atoms with van der Waals surface area (Å²) in [5, 5.41) is 31.9. The van der Waals surface area contributed by atoms with Crippen molar-refractivity contribution in [1.82, 2.24) is 4.90 Å². The number of rotatable bonds is 11.